The Morgan fingerprint density at radius 3 is 1.67 bits per heavy atom. The van der Waals surface area contributed by atoms with Crippen molar-refractivity contribution in [1.29, 1.82) is 0 Å². The van der Waals surface area contributed by atoms with Gasteiger partial charge in [-0.05, 0) is 6.08 Å². The van der Waals surface area contributed by atoms with Crippen molar-refractivity contribution in [3.05, 3.63) is 12.7 Å². The fraction of sp³-hybridized carbons (Fsp3) is 0.333. The molecule has 0 amide bonds. The third-order valence-corrected chi connectivity index (χ3v) is 0.204. The van der Waals surface area contributed by atoms with Gasteiger partial charge in [0.15, 0.2) is 0 Å². The summed E-state index contributed by atoms with van der Waals surface area (Å²) in [5.74, 6) is 0. The minimum absolute atomic E-state index is 0.833. The fourth-order valence-corrected chi connectivity index (χ4v) is 0. The molecular weight excluding hydrogens is 169 g/mol. The Hall–Kier alpha value is -0.421. The van der Waals surface area contributed by atoms with Gasteiger partial charge in [0.2, 0.25) is 0 Å². The van der Waals surface area contributed by atoms with E-state index in [2.05, 4.69) is 12.3 Å². The van der Waals surface area contributed by atoms with Crippen LogP contribution in [0.3, 0.4) is 0 Å². The molecule has 0 aliphatic carbocycles. The Labute approximate surface area is 54.3 Å². The van der Waals surface area contributed by atoms with Crippen molar-refractivity contribution in [3.8, 4) is 0 Å². The van der Waals surface area contributed by atoms with Crippen LogP contribution in [0.25, 0.3) is 0 Å². The van der Waals surface area contributed by atoms with Crippen LogP contribution in [0.2, 0.25) is 0 Å². The predicted octanol–water partition coefficient (Wildman–Crippen LogP) is -2.13. The molecule has 0 aliphatic rings. The van der Waals surface area contributed by atoms with Crippen LogP contribution in [-0.4, -0.2) is 6.54 Å². The summed E-state index contributed by atoms with van der Waals surface area (Å²) in [5.41, 5.74) is 3.49. The third-order valence-electron chi connectivity index (χ3n) is 0.204. The van der Waals surface area contributed by atoms with E-state index in [-0.39, 0.29) is 0 Å². The third kappa shape index (κ3) is 703. The summed E-state index contributed by atoms with van der Waals surface area (Å²) in [5, 5.41) is 0. The summed E-state index contributed by atoms with van der Waals surface area (Å²) in [7, 11) is 0. The molecule has 0 radical (unpaired) electrons. The monoisotopic (exact) mass is 177 g/mol. The van der Waals surface area contributed by atoms with Gasteiger partial charge >= 0.3 is 28.7 Å². The van der Waals surface area contributed by atoms with Crippen LogP contribution < -0.4 is 9.92 Å². The van der Waals surface area contributed by atoms with E-state index in [0.717, 1.165) is 6.54 Å². The molecule has 0 aromatic rings. The SMILES string of the molecule is C=CC[NH3+].[O]=[Mn](=[O])(=[O])[O-]. The first-order valence-electron chi connectivity index (χ1n) is 1.93. The van der Waals surface area contributed by atoms with Crippen molar-refractivity contribution in [1.82, 2.24) is 0 Å². The van der Waals surface area contributed by atoms with Crippen LogP contribution in [0.1, 0.15) is 0 Å². The van der Waals surface area contributed by atoms with Crippen molar-refractivity contribution < 1.29 is 34.4 Å². The molecule has 0 rings (SSSR count). The number of quaternary nitrogens is 1. The molecule has 0 heterocycles. The topological polar surface area (TPSA) is 102 Å². The van der Waals surface area contributed by atoms with Crippen molar-refractivity contribution in [2.45, 2.75) is 0 Å². The molecule has 0 atom stereocenters. The van der Waals surface area contributed by atoms with E-state index in [1.807, 2.05) is 0 Å². The van der Waals surface area contributed by atoms with Gasteiger partial charge in [0.25, 0.3) is 0 Å². The van der Waals surface area contributed by atoms with E-state index in [4.69, 9.17) is 15.7 Å². The molecule has 6 heteroatoms. The summed E-state index contributed by atoms with van der Waals surface area (Å²) in [6, 6.07) is 0. The van der Waals surface area contributed by atoms with Gasteiger partial charge in [-0.2, -0.15) is 0 Å². The van der Waals surface area contributed by atoms with E-state index in [9.17, 15) is 0 Å². The molecular formula is C3H8MnNO4. The molecule has 0 saturated carbocycles. The Morgan fingerprint density at radius 2 is 1.67 bits per heavy atom. The Morgan fingerprint density at radius 1 is 1.56 bits per heavy atom. The zero-order valence-electron chi connectivity index (χ0n) is 4.71. The average molecular weight is 177 g/mol. The zero-order chi connectivity index (χ0) is 7.91. The summed E-state index contributed by atoms with van der Waals surface area (Å²) in [4.78, 5) is 0. The van der Waals surface area contributed by atoms with Gasteiger partial charge in [-0.15, -0.1) is 0 Å². The van der Waals surface area contributed by atoms with Crippen LogP contribution in [0.15, 0.2) is 12.7 Å². The second-order valence-corrected chi connectivity index (χ2v) is 2.14. The first kappa shape index (κ1) is 11.4. The first-order valence-corrected chi connectivity index (χ1v) is 3.86. The average Bonchev–Trinajstić information content (AvgIpc) is 1.61. The first-order chi connectivity index (χ1) is 3.91. The van der Waals surface area contributed by atoms with E-state index in [0.29, 0.717) is 0 Å². The van der Waals surface area contributed by atoms with E-state index in [1.165, 1.54) is 0 Å². The number of hydrogen-bond donors (Lipinski definition) is 1. The Bertz CT molecular complexity index is 183. The summed E-state index contributed by atoms with van der Waals surface area (Å²) in [6.07, 6.45) is 1.76. The minimum atomic E-state index is -5.62. The van der Waals surface area contributed by atoms with Crippen molar-refractivity contribution in [2.24, 2.45) is 0 Å². The Kier molecular flexibility index (Phi) is 7.23. The van der Waals surface area contributed by atoms with Gasteiger partial charge < -0.3 is 5.73 Å². The second kappa shape index (κ2) is 5.71. The second-order valence-electron chi connectivity index (χ2n) is 0.955. The molecule has 56 valence electrons. The van der Waals surface area contributed by atoms with E-state index < -0.39 is 13.0 Å². The predicted molar refractivity (Wildman–Crippen MR) is 20.0 cm³/mol. The maximum atomic E-state index is 8.58. The van der Waals surface area contributed by atoms with E-state index >= 15 is 0 Å². The molecule has 5 nitrogen and oxygen atoms in total. The van der Waals surface area contributed by atoms with Crippen LogP contribution in [0, 0.1) is 0 Å². The van der Waals surface area contributed by atoms with Gasteiger partial charge in [-0.3, -0.25) is 0 Å². The fourth-order valence-electron chi connectivity index (χ4n) is 0. The molecule has 0 bridgehead atoms. The number of rotatable bonds is 1. The van der Waals surface area contributed by atoms with Crippen molar-refractivity contribution in [2.75, 3.05) is 6.54 Å². The van der Waals surface area contributed by atoms with Crippen molar-refractivity contribution >= 4 is 0 Å². The molecule has 0 aromatic heterocycles. The van der Waals surface area contributed by atoms with Crippen molar-refractivity contribution in [3.63, 3.8) is 0 Å². The molecule has 9 heavy (non-hydrogen) atoms. The normalized spacial score (nSPS) is 9.11. The molecule has 0 unspecified atom stereocenters. The summed E-state index contributed by atoms with van der Waals surface area (Å²) >= 11 is -5.62. The van der Waals surface area contributed by atoms with Crippen LogP contribution >= 0.6 is 0 Å². The molecule has 0 aliphatic heterocycles. The zero-order valence-corrected chi connectivity index (χ0v) is 5.89. The Balaban J connectivity index is 0. The van der Waals surface area contributed by atoms with Crippen LogP contribution in [0.5, 0.6) is 0 Å². The molecule has 0 spiro atoms. The molecule has 3 N–H and O–H groups in total. The van der Waals surface area contributed by atoms with Crippen LogP contribution in [0.4, 0.5) is 0 Å². The number of hydrogen-bond acceptors (Lipinski definition) is 4. The van der Waals surface area contributed by atoms with Gasteiger partial charge in [-0.25, -0.2) is 0 Å². The van der Waals surface area contributed by atoms with Gasteiger partial charge in [0.05, 0.1) is 6.54 Å². The molecule has 0 saturated heterocycles. The van der Waals surface area contributed by atoms with Gasteiger partial charge in [-0.1, -0.05) is 6.58 Å². The summed E-state index contributed by atoms with van der Waals surface area (Å²) < 4.78 is 34.3. The molecule has 0 fully saturated rings. The van der Waals surface area contributed by atoms with Gasteiger partial charge in [0.1, 0.15) is 0 Å². The van der Waals surface area contributed by atoms with E-state index in [1.54, 1.807) is 6.08 Å². The van der Waals surface area contributed by atoms with Gasteiger partial charge in [0, 0.05) is 0 Å². The molecule has 0 aromatic carbocycles. The maximum absolute atomic E-state index is 8.58. The quantitative estimate of drug-likeness (QED) is 0.365. The standard InChI is InChI=1S/C3H7N.Mn.4O/c1-2-3-4;;;;;/h2H,1,3-4H2;;;;;/q;;;;;-1/p+1. The summed E-state index contributed by atoms with van der Waals surface area (Å²) in [6.45, 7) is 4.25. The van der Waals surface area contributed by atoms with Crippen LogP contribution in [-0.2, 0) is 24.5 Å².